The van der Waals surface area contributed by atoms with Crippen LogP contribution in [0.3, 0.4) is 0 Å². The van der Waals surface area contributed by atoms with E-state index >= 15 is 0 Å². The van der Waals surface area contributed by atoms with Crippen LogP contribution in [0, 0.1) is 0 Å². The number of halogens is 2. The highest BCUT2D eigenvalue weighted by atomic mass is 19.3. The molecule has 0 spiro atoms. The fourth-order valence-corrected chi connectivity index (χ4v) is 3.57. The molecule has 0 aliphatic carbocycles. The SMILES string of the molecule is CN=C(NCc1ccccc1OC(F)F)NCC(c1ccco1)N1CCCCC1. The number of likely N-dealkylation sites (tertiary alicyclic amines) is 1. The van der Waals surface area contributed by atoms with E-state index in [0.717, 1.165) is 18.8 Å². The number of ether oxygens (including phenoxy) is 1. The Labute approximate surface area is 169 Å². The summed E-state index contributed by atoms with van der Waals surface area (Å²) in [4.78, 5) is 6.67. The summed E-state index contributed by atoms with van der Waals surface area (Å²) in [5.41, 5.74) is 0.634. The van der Waals surface area contributed by atoms with Gasteiger partial charge in [-0.3, -0.25) is 9.89 Å². The summed E-state index contributed by atoms with van der Waals surface area (Å²) in [6.07, 6.45) is 5.33. The van der Waals surface area contributed by atoms with Crippen LogP contribution in [0.25, 0.3) is 0 Å². The maximum Gasteiger partial charge on any atom is 0.387 e. The number of nitrogens with one attached hydrogen (secondary N) is 2. The van der Waals surface area contributed by atoms with Crippen molar-refractivity contribution in [1.82, 2.24) is 15.5 Å². The molecule has 1 unspecified atom stereocenters. The van der Waals surface area contributed by atoms with Crippen molar-refractivity contribution < 1.29 is 17.9 Å². The fraction of sp³-hybridized carbons (Fsp3) is 0.476. The van der Waals surface area contributed by atoms with Crippen molar-refractivity contribution >= 4 is 5.96 Å². The Morgan fingerprint density at radius 3 is 2.62 bits per heavy atom. The van der Waals surface area contributed by atoms with Crippen LogP contribution in [-0.2, 0) is 6.54 Å². The Hall–Kier alpha value is -2.61. The molecule has 1 aliphatic heterocycles. The molecule has 0 bridgehead atoms. The highest BCUT2D eigenvalue weighted by Crippen LogP contribution is 2.24. The number of nitrogens with zero attached hydrogens (tertiary/aromatic N) is 2. The molecule has 1 saturated heterocycles. The van der Waals surface area contributed by atoms with Gasteiger partial charge in [-0.2, -0.15) is 8.78 Å². The van der Waals surface area contributed by atoms with Crippen molar-refractivity contribution in [2.24, 2.45) is 4.99 Å². The van der Waals surface area contributed by atoms with E-state index in [9.17, 15) is 8.78 Å². The number of hydrogen-bond acceptors (Lipinski definition) is 4. The summed E-state index contributed by atoms with van der Waals surface area (Å²) in [6.45, 7) is 0.168. The minimum Gasteiger partial charge on any atom is -0.468 e. The summed E-state index contributed by atoms with van der Waals surface area (Å²) < 4.78 is 35.4. The zero-order valence-electron chi connectivity index (χ0n) is 16.6. The minimum absolute atomic E-state index is 0.110. The molecule has 29 heavy (non-hydrogen) atoms. The van der Waals surface area contributed by atoms with Crippen molar-refractivity contribution in [3.63, 3.8) is 0 Å². The molecule has 0 amide bonds. The molecule has 1 aromatic heterocycles. The molecule has 2 heterocycles. The Morgan fingerprint density at radius 1 is 1.14 bits per heavy atom. The van der Waals surface area contributed by atoms with Gasteiger partial charge < -0.3 is 19.8 Å². The lowest BCUT2D eigenvalue weighted by atomic mass is 10.1. The number of aliphatic imine (C=N–C) groups is 1. The van der Waals surface area contributed by atoms with Crippen LogP contribution in [0.2, 0.25) is 0 Å². The second kappa shape index (κ2) is 10.8. The molecule has 6 nitrogen and oxygen atoms in total. The van der Waals surface area contributed by atoms with Gasteiger partial charge in [0.1, 0.15) is 11.5 Å². The lowest BCUT2D eigenvalue weighted by Crippen LogP contribution is -2.44. The second-order valence-corrected chi connectivity index (χ2v) is 6.92. The summed E-state index contributed by atoms with van der Waals surface area (Å²) in [5, 5.41) is 6.50. The number of furan rings is 1. The molecule has 158 valence electrons. The summed E-state index contributed by atoms with van der Waals surface area (Å²) in [5.74, 6) is 1.67. The zero-order chi connectivity index (χ0) is 20.5. The van der Waals surface area contributed by atoms with E-state index in [0.29, 0.717) is 24.6 Å². The normalized spacial score (nSPS) is 16.6. The van der Waals surface area contributed by atoms with Crippen molar-refractivity contribution in [1.29, 1.82) is 0 Å². The van der Waals surface area contributed by atoms with Gasteiger partial charge >= 0.3 is 6.61 Å². The number of alkyl halides is 2. The lowest BCUT2D eigenvalue weighted by molar-refractivity contribution is -0.0504. The number of guanidine groups is 1. The van der Waals surface area contributed by atoms with E-state index in [-0.39, 0.29) is 11.8 Å². The number of hydrogen-bond donors (Lipinski definition) is 2. The lowest BCUT2D eigenvalue weighted by Gasteiger charge is -2.33. The van der Waals surface area contributed by atoms with Crippen LogP contribution in [0.15, 0.2) is 52.1 Å². The van der Waals surface area contributed by atoms with E-state index in [2.05, 4.69) is 25.3 Å². The number of para-hydroxylation sites is 1. The van der Waals surface area contributed by atoms with Crippen molar-refractivity contribution in [3.8, 4) is 5.75 Å². The standard InChI is InChI=1S/C21H28F2N4O2/c1-24-21(25-14-16-8-3-4-9-18(16)29-20(22)23)26-15-17(19-10-7-13-28-19)27-11-5-2-6-12-27/h3-4,7-10,13,17,20H,2,5-6,11-12,14-15H2,1H3,(H2,24,25,26). The predicted molar refractivity (Wildman–Crippen MR) is 108 cm³/mol. The maximum absolute atomic E-state index is 12.6. The first-order valence-corrected chi connectivity index (χ1v) is 9.92. The molecule has 3 rings (SSSR count). The Bertz CT molecular complexity index is 762. The summed E-state index contributed by atoms with van der Waals surface area (Å²) in [7, 11) is 1.68. The zero-order valence-corrected chi connectivity index (χ0v) is 16.6. The Kier molecular flexibility index (Phi) is 7.86. The van der Waals surface area contributed by atoms with E-state index < -0.39 is 6.61 Å². The first-order chi connectivity index (χ1) is 14.2. The highest BCUT2D eigenvalue weighted by molar-refractivity contribution is 5.79. The molecule has 2 N–H and O–H groups in total. The van der Waals surface area contributed by atoms with Crippen LogP contribution < -0.4 is 15.4 Å². The largest absolute Gasteiger partial charge is 0.468 e. The third-order valence-electron chi connectivity index (χ3n) is 5.02. The van der Waals surface area contributed by atoms with E-state index in [1.807, 2.05) is 12.1 Å². The summed E-state index contributed by atoms with van der Waals surface area (Å²) >= 11 is 0. The van der Waals surface area contributed by atoms with E-state index in [1.54, 1.807) is 31.5 Å². The average Bonchev–Trinajstić information content (AvgIpc) is 3.26. The van der Waals surface area contributed by atoms with Gasteiger partial charge in [0.15, 0.2) is 5.96 Å². The van der Waals surface area contributed by atoms with Gasteiger partial charge in [-0.1, -0.05) is 24.6 Å². The van der Waals surface area contributed by atoms with E-state index in [1.165, 1.54) is 25.3 Å². The maximum atomic E-state index is 12.6. The molecule has 8 heteroatoms. The molecule has 1 atom stereocenters. The monoisotopic (exact) mass is 406 g/mol. The molecule has 1 fully saturated rings. The van der Waals surface area contributed by atoms with Crippen LogP contribution in [-0.4, -0.2) is 44.2 Å². The van der Waals surface area contributed by atoms with Crippen LogP contribution in [0.5, 0.6) is 5.75 Å². The third kappa shape index (κ3) is 6.19. The molecular weight excluding hydrogens is 378 g/mol. The quantitative estimate of drug-likeness (QED) is 0.516. The minimum atomic E-state index is -2.85. The van der Waals surface area contributed by atoms with Crippen molar-refractivity contribution in [2.45, 2.75) is 38.5 Å². The predicted octanol–water partition coefficient (Wildman–Crippen LogP) is 3.77. The molecule has 0 radical (unpaired) electrons. The van der Waals surface area contributed by atoms with Gasteiger partial charge in [0, 0.05) is 25.7 Å². The Balaban J connectivity index is 1.59. The van der Waals surface area contributed by atoms with Gasteiger partial charge in [0.2, 0.25) is 0 Å². The molecule has 1 aromatic carbocycles. The fourth-order valence-electron chi connectivity index (χ4n) is 3.57. The first kappa shape index (κ1) is 21.1. The van der Waals surface area contributed by atoms with Crippen LogP contribution in [0.1, 0.15) is 36.6 Å². The Morgan fingerprint density at radius 2 is 1.93 bits per heavy atom. The van der Waals surface area contributed by atoms with Gasteiger partial charge in [0.05, 0.1) is 12.3 Å². The molecule has 1 aliphatic rings. The molecule has 2 aromatic rings. The summed E-state index contributed by atoms with van der Waals surface area (Å²) in [6, 6.07) is 10.7. The van der Waals surface area contributed by atoms with Gasteiger partial charge in [-0.25, -0.2) is 0 Å². The average molecular weight is 406 g/mol. The van der Waals surface area contributed by atoms with Gasteiger partial charge in [0.25, 0.3) is 0 Å². The van der Waals surface area contributed by atoms with Gasteiger partial charge in [-0.05, 0) is 44.1 Å². The molecular formula is C21H28F2N4O2. The second-order valence-electron chi connectivity index (χ2n) is 6.92. The topological polar surface area (TPSA) is 62.0 Å². The highest BCUT2D eigenvalue weighted by Gasteiger charge is 2.24. The third-order valence-corrected chi connectivity index (χ3v) is 5.02. The van der Waals surface area contributed by atoms with E-state index in [4.69, 9.17) is 4.42 Å². The van der Waals surface area contributed by atoms with Gasteiger partial charge in [-0.15, -0.1) is 0 Å². The first-order valence-electron chi connectivity index (χ1n) is 9.92. The van der Waals surface area contributed by atoms with Crippen LogP contribution >= 0.6 is 0 Å². The smallest absolute Gasteiger partial charge is 0.387 e. The molecule has 0 saturated carbocycles. The number of piperidine rings is 1. The van der Waals surface area contributed by atoms with Crippen molar-refractivity contribution in [2.75, 3.05) is 26.7 Å². The number of benzene rings is 1. The van der Waals surface area contributed by atoms with Crippen molar-refractivity contribution in [3.05, 3.63) is 54.0 Å². The number of rotatable bonds is 8. The van der Waals surface area contributed by atoms with Crippen LogP contribution in [0.4, 0.5) is 8.78 Å².